The monoisotopic (exact) mass is 376 g/mol. The Labute approximate surface area is 140 Å². The molecule has 6 heteroatoms. The molecule has 0 radical (unpaired) electrons. The van der Waals surface area contributed by atoms with Gasteiger partial charge in [-0.3, -0.25) is 4.79 Å². The summed E-state index contributed by atoms with van der Waals surface area (Å²) in [5.74, 6) is 0.463. The molecule has 2 aromatic rings. The fourth-order valence-electron chi connectivity index (χ4n) is 2.04. The number of aryl methyl sites for hydroxylation is 1. The van der Waals surface area contributed by atoms with Gasteiger partial charge in [-0.25, -0.2) is 4.99 Å². The number of rotatable bonds is 3. The topological polar surface area (TPSA) is 54.6 Å². The molecule has 2 heterocycles. The van der Waals surface area contributed by atoms with Crippen molar-refractivity contribution >= 4 is 50.5 Å². The number of para-hydroxylation sites is 1. The molecule has 0 bridgehead atoms. The highest BCUT2D eigenvalue weighted by Crippen LogP contribution is 2.30. The van der Waals surface area contributed by atoms with Crippen LogP contribution in [0.1, 0.15) is 18.2 Å². The van der Waals surface area contributed by atoms with Gasteiger partial charge in [0.05, 0.1) is 10.6 Å². The predicted octanol–water partition coefficient (Wildman–Crippen LogP) is 4.50. The average molecular weight is 377 g/mol. The number of aliphatic imine (C=N–C) groups is 1. The summed E-state index contributed by atoms with van der Waals surface area (Å²) >= 11 is 4.55. The summed E-state index contributed by atoms with van der Waals surface area (Å²) < 4.78 is 6.02. The van der Waals surface area contributed by atoms with Crippen LogP contribution in [0.25, 0.3) is 6.08 Å². The van der Waals surface area contributed by atoms with E-state index in [-0.39, 0.29) is 5.91 Å². The highest BCUT2D eigenvalue weighted by Gasteiger charge is 2.24. The SMILES string of the molecule is CCc1ccccc1N=C1NC(=O)/C(=C\c2ccc(Br)o2)S1. The fraction of sp³-hybridized carbons (Fsp3) is 0.125. The molecule has 3 rings (SSSR count). The molecule has 1 N–H and O–H groups in total. The lowest BCUT2D eigenvalue weighted by atomic mass is 10.1. The van der Waals surface area contributed by atoms with Gasteiger partial charge in [-0.2, -0.15) is 0 Å². The molecule has 1 aliphatic heterocycles. The lowest BCUT2D eigenvalue weighted by Gasteiger charge is -2.02. The molecule has 1 aliphatic rings. The molecule has 1 amide bonds. The van der Waals surface area contributed by atoms with Crippen molar-refractivity contribution in [3.8, 4) is 0 Å². The molecule has 4 nitrogen and oxygen atoms in total. The summed E-state index contributed by atoms with van der Waals surface area (Å²) in [6.45, 7) is 2.08. The number of nitrogens with zero attached hydrogens (tertiary/aromatic N) is 1. The molecule has 1 aromatic heterocycles. The zero-order valence-corrected chi connectivity index (χ0v) is 14.2. The summed E-state index contributed by atoms with van der Waals surface area (Å²) in [6, 6.07) is 11.5. The van der Waals surface area contributed by atoms with Gasteiger partial charge < -0.3 is 9.73 Å². The van der Waals surface area contributed by atoms with Crippen molar-refractivity contribution in [3.05, 3.63) is 57.3 Å². The van der Waals surface area contributed by atoms with E-state index in [1.54, 1.807) is 18.2 Å². The zero-order valence-electron chi connectivity index (χ0n) is 11.8. The molecule has 1 saturated heterocycles. The van der Waals surface area contributed by atoms with Gasteiger partial charge in [-0.15, -0.1) is 0 Å². The van der Waals surface area contributed by atoms with E-state index in [9.17, 15) is 4.79 Å². The van der Waals surface area contributed by atoms with Crippen molar-refractivity contribution in [1.29, 1.82) is 0 Å². The Hall–Kier alpha value is -1.79. The molecular formula is C16H13BrN2O2S. The number of carbonyl (C=O) groups is 1. The zero-order chi connectivity index (χ0) is 15.5. The molecule has 1 fully saturated rings. The first kappa shape index (κ1) is 15.1. The summed E-state index contributed by atoms with van der Waals surface area (Å²) in [5.41, 5.74) is 2.03. The maximum absolute atomic E-state index is 12.0. The third-order valence-electron chi connectivity index (χ3n) is 3.11. The summed E-state index contributed by atoms with van der Waals surface area (Å²) in [7, 11) is 0. The van der Waals surface area contributed by atoms with Crippen LogP contribution in [0.2, 0.25) is 0 Å². The van der Waals surface area contributed by atoms with Gasteiger partial charge in [-0.05, 0) is 57.9 Å². The van der Waals surface area contributed by atoms with Gasteiger partial charge in [-0.1, -0.05) is 25.1 Å². The predicted molar refractivity (Wildman–Crippen MR) is 93.0 cm³/mol. The normalized spacial score (nSPS) is 18.2. The molecule has 22 heavy (non-hydrogen) atoms. The van der Waals surface area contributed by atoms with Crippen molar-refractivity contribution in [1.82, 2.24) is 5.32 Å². The summed E-state index contributed by atoms with van der Waals surface area (Å²) in [6.07, 6.45) is 2.60. The van der Waals surface area contributed by atoms with E-state index in [4.69, 9.17) is 4.42 Å². The number of hydrogen-bond acceptors (Lipinski definition) is 4. The molecule has 0 unspecified atom stereocenters. The van der Waals surface area contributed by atoms with E-state index in [0.717, 1.165) is 17.7 Å². The van der Waals surface area contributed by atoms with Gasteiger partial charge >= 0.3 is 0 Å². The van der Waals surface area contributed by atoms with Gasteiger partial charge in [0.25, 0.3) is 5.91 Å². The number of furan rings is 1. The lowest BCUT2D eigenvalue weighted by Crippen LogP contribution is -2.19. The summed E-state index contributed by atoms with van der Waals surface area (Å²) in [4.78, 5) is 17.1. The smallest absolute Gasteiger partial charge is 0.264 e. The number of nitrogens with one attached hydrogen (secondary N) is 1. The molecular weight excluding hydrogens is 364 g/mol. The van der Waals surface area contributed by atoms with Crippen LogP contribution in [0.15, 0.2) is 55.4 Å². The van der Waals surface area contributed by atoms with Crippen molar-refractivity contribution in [2.24, 2.45) is 4.99 Å². The number of thioether (sulfide) groups is 1. The van der Waals surface area contributed by atoms with Gasteiger partial charge in [0, 0.05) is 6.08 Å². The Balaban J connectivity index is 1.85. The van der Waals surface area contributed by atoms with Crippen LogP contribution in [-0.4, -0.2) is 11.1 Å². The maximum atomic E-state index is 12.0. The van der Waals surface area contributed by atoms with E-state index < -0.39 is 0 Å². The third-order valence-corrected chi connectivity index (χ3v) is 4.45. The minimum atomic E-state index is -0.162. The van der Waals surface area contributed by atoms with Crippen LogP contribution in [0.5, 0.6) is 0 Å². The van der Waals surface area contributed by atoms with E-state index in [0.29, 0.717) is 20.5 Å². The quantitative estimate of drug-likeness (QED) is 0.802. The van der Waals surface area contributed by atoms with Gasteiger partial charge in [0.15, 0.2) is 9.84 Å². The van der Waals surface area contributed by atoms with Gasteiger partial charge in [0.1, 0.15) is 5.76 Å². The van der Waals surface area contributed by atoms with Crippen molar-refractivity contribution < 1.29 is 9.21 Å². The second kappa shape index (κ2) is 6.54. The molecule has 0 aliphatic carbocycles. The maximum Gasteiger partial charge on any atom is 0.264 e. The first-order valence-corrected chi connectivity index (χ1v) is 8.39. The van der Waals surface area contributed by atoms with Gasteiger partial charge in [0.2, 0.25) is 0 Å². The molecule has 0 saturated carbocycles. The third kappa shape index (κ3) is 3.34. The van der Waals surface area contributed by atoms with Crippen LogP contribution >= 0.6 is 27.7 Å². The highest BCUT2D eigenvalue weighted by molar-refractivity contribution is 9.10. The first-order chi connectivity index (χ1) is 10.7. The van der Waals surface area contributed by atoms with Crippen LogP contribution in [0.3, 0.4) is 0 Å². The van der Waals surface area contributed by atoms with Crippen LogP contribution in [-0.2, 0) is 11.2 Å². The number of benzene rings is 1. The molecule has 1 aromatic carbocycles. The van der Waals surface area contributed by atoms with Crippen molar-refractivity contribution in [2.45, 2.75) is 13.3 Å². The number of carbonyl (C=O) groups excluding carboxylic acids is 1. The second-order valence-corrected chi connectivity index (χ2v) is 6.42. The Kier molecular flexibility index (Phi) is 4.49. The largest absolute Gasteiger partial charge is 0.450 e. The molecule has 112 valence electrons. The van der Waals surface area contributed by atoms with E-state index in [1.165, 1.54) is 11.8 Å². The number of amidine groups is 1. The minimum Gasteiger partial charge on any atom is -0.450 e. The Morgan fingerprint density at radius 3 is 2.86 bits per heavy atom. The minimum absolute atomic E-state index is 0.162. The van der Waals surface area contributed by atoms with E-state index in [2.05, 4.69) is 33.2 Å². The number of hydrogen-bond donors (Lipinski definition) is 1. The Morgan fingerprint density at radius 2 is 2.14 bits per heavy atom. The van der Waals surface area contributed by atoms with Crippen molar-refractivity contribution in [3.63, 3.8) is 0 Å². The lowest BCUT2D eigenvalue weighted by molar-refractivity contribution is -0.115. The van der Waals surface area contributed by atoms with Crippen LogP contribution in [0, 0.1) is 0 Å². The first-order valence-electron chi connectivity index (χ1n) is 6.78. The number of halogens is 1. The van der Waals surface area contributed by atoms with Crippen LogP contribution < -0.4 is 5.32 Å². The molecule has 0 atom stereocenters. The average Bonchev–Trinajstić information content (AvgIpc) is 3.06. The van der Waals surface area contributed by atoms with Crippen LogP contribution in [0.4, 0.5) is 5.69 Å². The standard InChI is InChI=1S/C16H13BrN2O2S/c1-2-10-5-3-4-6-12(10)18-16-19-15(20)13(22-16)9-11-7-8-14(17)21-11/h3-9H,2H2,1H3,(H,18,19,20)/b13-9+. The number of amides is 1. The Bertz CT molecular complexity index is 780. The highest BCUT2D eigenvalue weighted by atomic mass is 79.9. The van der Waals surface area contributed by atoms with E-state index >= 15 is 0 Å². The summed E-state index contributed by atoms with van der Waals surface area (Å²) in [5, 5.41) is 3.37. The fourth-order valence-corrected chi connectivity index (χ4v) is 3.18. The van der Waals surface area contributed by atoms with E-state index in [1.807, 2.05) is 24.3 Å². The Morgan fingerprint density at radius 1 is 1.32 bits per heavy atom. The second-order valence-electron chi connectivity index (χ2n) is 4.61. The van der Waals surface area contributed by atoms with Crippen molar-refractivity contribution in [2.75, 3.05) is 0 Å². The molecule has 0 spiro atoms.